The van der Waals surface area contributed by atoms with Crippen molar-refractivity contribution in [3.8, 4) is 0 Å². The minimum Gasteiger partial charge on any atom is -0.300 e. The molecule has 1 nitrogen and oxygen atoms in total. The van der Waals surface area contributed by atoms with Gasteiger partial charge in [0.05, 0.1) is 0 Å². The molecule has 0 N–H and O–H groups in total. The Balaban J connectivity index is 2.02. The number of hydrogen-bond donors (Lipinski definition) is 0. The third-order valence-electron chi connectivity index (χ3n) is 4.41. The van der Waals surface area contributed by atoms with Crippen LogP contribution in [0, 0.1) is 17.3 Å². The fourth-order valence-corrected chi connectivity index (χ4v) is 3.30. The standard InChI is InChI=1S/C15H22O/c1-10-6-5-7-12(10)14-13(15(14,3)4)9-8-11(2)16/h7,13-14H,1,5-6,8-9H2,2-4H3/t13-,14-/m1/s1. The van der Waals surface area contributed by atoms with E-state index in [0.29, 0.717) is 23.0 Å². The van der Waals surface area contributed by atoms with Crippen LogP contribution in [0.15, 0.2) is 23.8 Å². The van der Waals surface area contributed by atoms with Crippen LogP contribution in [0.1, 0.15) is 46.5 Å². The van der Waals surface area contributed by atoms with E-state index in [2.05, 4.69) is 26.5 Å². The molecule has 1 heteroatoms. The van der Waals surface area contributed by atoms with Crippen LogP contribution in [-0.2, 0) is 4.79 Å². The molecule has 0 aromatic heterocycles. The Morgan fingerprint density at radius 3 is 2.75 bits per heavy atom. The number of rotatable bonds is 4. The predicted octanol–water partition coefficient (Wildman–Crippen LogP) is 3.90. The molecule has 1 saturated carbocycles. The van der Waals surface area contributed by atoms with Gasteiger partial charge in [-0.2, -0.15) is 0 Å². The van der Waals surface area contributed by atoms with E-state index in [1.807, 2.05) is 0 Å². The molecule has 0 aliphatic heterocycles. The Labute approximate surface area is 98.6 Å². The van der Waals surface area contributed by atoms with Crippen LogP contribution in [0.3, 0.4) is 0 Å². The van der Waals surface area contributed by atoms with Crippen molar-refractivity contribution >= 4 is 5.78 Å². The summed E-state index contributed by atoms with van der Waals surface area (Å²) in [5.41, 5.74) is 3.22. The second-order valence-corrected chi connectivity index (χ2v) is 5.95. The molecule has 16 heavy (non-hydrogen) atoms. The van der Waals surface area contributed by atoms with Crippen LogP contribution < -0.4 is 0 Å². The second kappa shape index (κ2) is 3.87. The molecule has 2 aliphatic carbocycles. The molecule has 2 rings (SSSR count). The average molecular weight is 218 g/mol. The van der Waals surface area contributed by atoms with E-state index in [9.17, 15) is 4.79 Å². The maximum Gasteiger partial charge on any atom is 0.129 e. The lowest BCUT2D eigenvalue weighted by Gasteiger charge is -2.05. The van der Waals surface area contributed by atoms with Gasteiger partial charge in [0.1, 0.15) is 5.78 Å². The monoisotopic (exact) mass is 218 g/mol. The van der Waals surface area contributed by atoms with Gasteiger partial charge >= 0.3 is 0 Å². The van der Waals surface area contributed by atoms with E-state index in [1.165, 1.54) is 17.6 Å². The summed E-state index contributed by atoms with van der Waals surface area (Å²) in [6, 6.07) is 0. The Kier molecular flexibility index (Phi) is 2.81. The van der Waals surface area contributed by atoms with Gasteiger partial charge in [0, 0.05) is 6.42 Å². The van der Waals surface area contributed by atoms with Gasteiger partial charge < -0.3 is 4.79 Å². The minimum atomic E-state index is 0.320. The largest absolute Gasteiger partial charge is 0.300 e. The third kappa shape index (κ3) is 1.88. The molecule has 0 aromatic rings. The summed E-state index contributed by atoms with van der Waals surface area (Å²) in [4.78, 5) is 11.0. The summed E-state index contributed by atoms with van der Waals surface area (Å²) >= 11 is 0. The van der Waals surface area contributed by atoms with E-state index in [-0.39, 0.29) is 0 Å². The van der Waals surface area contributed by atoms with Gasteiger partial charge in [-0.3, -0.25) is 0 Å². The fourth-order valence-electron chi connectivity index (χ4n) is 3.30. The lowest BCUT2D eigenvalue weighted by molar-refractivity contribution is -0.117. The van der Waals surface area contributed by atoms with E-state index in [1.54, 1.807) is 6.92 Å². The van der Waals surface area contributed by atoms with Crippen LogP contribution in [0.5, 0.6) is 0 Å². The molecule has 0 unspecified atom stereocenters. The fraction of sp³-hybridized carbons (Fsp3) is 0.667. The number of allylic oxidation sites excluding steroid dienone is 3. The van der Waals surface area contributed by atoms with Gasteiger partial charge in [0.2, 0.25) is 0 Å². The van der Waals surface area contributed by atoms with Crippen LogP contribution in [0.2, 0.25) is 0 Å². The van der Waals surface area contributed by atoms with Gasteiger partial charge in [-0.1, -0.05) is 32.1 Å². The van der Waals surface area contributed by atoms with E-state index in [0.717, 1.165) is 19.3 Å². The predicted molar refractivity (Wildman–Crippen MR) is 67.1 cm³/mol. The van der Waals surface area contributed by atoms with Crippen molar-refractivity contribution in [2.45, 2.75) is 46.5 Å². The van der Waals surface area contributed by atoms with Crippen molar-refractivity contribution < 1.29 is 4.79 Å². The number of hydrogen-bond acceptors (Lipinski definition) is 1. The van der Waals surface area contributed by atoms with Crippen molar-refractivity contribution in [3.63, 3.8) is 0 Å². The van der Waals surface area contributed by atoms with Gasteiger partial charge in [-0.05, 0) is 49.0 Å². The van der Waals surface area contributed by atoms with Gasteiger partial charge in [-0.15, -0.1) is 0 Å². The lowest BCUT2D eigenvalue weighted by Crippen LogP contribution is -1.94. The molecule has 0 spiro atoms. The zero-order chi connectivity index (χ0) is 11.9. The van der Waals surface area contributed by atoms with Gasteiger partial charge in [-0.25, -0.2) is 0 Å². The quantitative estimate of drug-likeness (QED) is 0.699. The topological polar surface area (TPSA) is 17.1 Å². The van der Waals surface area contributed by atoms with Gasteiger partial charge in [0.15, 0.2) is 0 Å². The molecule has 0 bridgehead atoms. The zero-order valence-electron chi connectivity index (χ0n) is 10.7. The Morgan fingerprint density at radius 2 is 2.25 bits per heavy atom. The highest BCUT2D eigenvalue weighted by molar-refractivity contribution is 5.75. The Bertz CT molecular complexity index is 360. The maximum atomic E-state index is 11.0. The Hall–Kier alpha value is -0.850. The second-order valence-electron chi connectivity index (χ2n) is 5.95. The van der Waals surface area contributed by atoms with Crippen molar-refractivity contribution in [1.29, 1.82) is 0 Å². The number of ketones is 1. The molecule has 0 amide bonds. The van der Waals surface area contributed by atoms with Crippen LogP contribution in [0.25, 0.3) is 0 Å². The summed E-state index contributed by atoms with van der Waals surface area (Å²) in [7, 11) is 0. The lowest BCUT2D eigenvalue weighted by atomic mass is 10.00. The molecule has 0 radical (unpaired) electrons. The molecule has 0 heterocycles. The van der Waals surface area contributed by atoms with Crippen molar-refractivity contribution in [2.24, 2.45) is 17.3 Å². The highest BCUT2D eigenvalue weighted by Gasteiger charge is 2.58. The first-order valence-corrected chi connectivity index (χ1v) is 6.32. The smallest absolute Gasteiger partial charge is 0.129 e. The van der Waals surface area contributed by atoms with Crippen LogP contribution in [-0.4, -0.2) is 5.78 Å². The molecular formula is C15H22O. The summed E-state index contributed by atoms with van der Waals surface area (Å²) in [6.07, 6.45) is 6.46. The average Bonchev–Trinajstić information content (AvgIpc) is 2.53. The first kappa shape index (κ1) is 11.6. The number of carbonyl (C=O) groups is 1. The van der Waals surface area contributed by atoms with Crippen LogP contribution in [0.4, 0.5) is 0 Å². The molecule has 88 valence electrons. The summed E-state index contributed by atoms with van der Waals surface area (Å²) in [5.74, 6) is 1.68. The third-order valence-corrected chi connectivity index (χ3v) is 4.41. The van der Waals surface area contributed by atoms with Crippen molar-refractivity contribution in [3.05, 3.63) is 23.8 Å². The summed E-state index contributed by atoms with van der Waals surface area (Å²) in [5, 5.41) is 0. The molecule has 2 atom stereocenters. The van der Waals surface area contributed by atoms with E-state index < -0.39 is 0 Å². The normalized spacial score (nSPS) is 31.4. The maximum absolute atomic E-state index is 11.0. The zero-order valence-corrected chi connectivity index (χ0v) is 10.7. The molecule has 1 fully saturated rings. The van der Waals surface area contributed by atoms with Gasteiger partial charge in [0.25, 0.3) is 0 Å². The van der Waals surface area contributed by atoms with E-state index in [4.69, 9.17) is 0 Å². The minimum absolute atomic E-state index is 0.320. The molecule has 0 saturated heterocycles. The number of carbonyl (C=O) groups excluding carboxylic acids is 1. The first-order valence-electron chi connectivity index (χ1n) is 6.32. The van der Waals surface area contributed by atoms with E-state index >= 15 is 0 Å². The molecule has 2 aliphatic rings. The first-order chi connectivity index (χ1) is 7.44. The summed E-state index contributed by atoms with van der Waals surface area (Å²) in [6.45, 7) is 10.5. The Morgan fingerprint density at radius 1 is 1.56 bits per heavy atom. The number of Topliss-reactive ketones (excluding diaryl/α,β-unsaturated/α-hetero) is 1. The highest BCUT2D eigenvalue weighted by atomic mass is 16.1. The van der Waals surface area contributed by atoms with Crippen molar-refractivity contribution in [1.82, 2.24) is 0 Å². The summed E-state index contributed by atoms with van der Waals surface area (Å²) < 4.78 is 0. The SMILES string of the molecule is C=C1CCC=C1[C@@H]1[C@@H](CCC(C)=O)C1(C)C. The molecule has 0 aromatic carbocycles. The van der Waals surface area contributed by atoms with Crippen LogP contribution >= 0.6 is 0 Å². The molecular weight excluding hydrogens is 196 g/mol. The highest BCUT2D eigenvalue weighted by Crippen LogP contribution is 2.65. The van der Waals surface area contributed by atoms with Crippen molar-refractivity contribution in [2.75, 3.05) is 0 Å².